The topological polar surface area (TPSA) is 57.5 Å². The summed E-state index contributed by atoms with van der Waals surface area (Å²) < 4.78 is 0. The van der Waals surface area contributed by atoms with Gasteiger partial charge in [-0.25, -0.2) is 0 Å². The second-order valence-electron chi connectivity index (χ2n) is 6.17. The Labute approximate surface area is 117 Å². The summed E-state index contributed by atoms with van der Waals surface area (Å²) in [5.41, 5.74) is 0. The van der Waals surface area contributed by atoms with E-state index in [1.165, 1.54) is 25.7 Å². The van der Waals surface area contributed by atoms with Gasteiger partial charge in [-0.2, -0.15) is 0 Å². The molecule has 0 heterocycles. The highest BCUT2D eigenvalue weighted by molar-refractivity contribution is 5.78. The van der Waals surface area contributed by atoms with E-state index in [-0.39, 0.29) is 24.2 Å². The number of carbonyl (C=O) groups is 1. The molecular weight excluding hydrogens is 240 g/mol. The molecule has 0 aromatic rings. The first-order valence-electron chi connectivity index (χ1n) is 7.95. The summed E-state index contributed by atoms with van der Waals surface area (Å²) in [6.45, 7) is 1.96. The smallest absolute Gasteiger partial charge is 0.133 e. The summed E-state index contributed by atoms with van der Waals surface area (Å²) in [6.07, 6.45) is 9.56. The van der Waals surface area contributed by atoms with Crippen molar-refractivity contribution in [3.8, 4) is 0 Å². The third kappa shape index (κ3) is 6.53. The second kappa shape index (κ2) is 9.49. The molecule has 112 valence electrons. The van der Waals surface area contributed by atoms with Crippen LogP contribution in [0.5, 0.6) is 0 Å². The molecule has 3 atom stereocenters. The molecule has 19 heavy (non-hydrogen) atoms. The molecule has 1 rings (SSSR count). The molecule has 1 aliphatic carbocycles. The van der Waals surface area contributed by atoms with Crippen molar-refractivity contribution in [2.24, 2.45) is 11.8 Å². The Morgan fingerprint density at radius 2 is 1.63 bits per heavy atom. The van der Waals surface area contributed by atoms with E-state index in [1.54, 1.807) is 0 Å². The average molecular weight is 270 g/mol. The van der Waals surface area contributed by atoms with Crippen LogP contribution >= 0.6 is 0 Å². The fraction of sp³-hybridized carbons (Fsp3) is 0.938. The Kier molecular flexibility index (Phi) is 8.31. The molecule has 1 saturated carbocycles. The van der Waals surface area contributed by atoms with Crippen LogP contribution in [0.1, 0.15) is 71.1 Å². The molecule has 0 unspecified atom stereocenters. The predicted octanol–water partition coefficient (Wildman–Crippen LogP) is 3.08. The molecule has 2 N–H and O–H groups in total. The van der Waals surface area contributed by atoms with Gasteiger partial charge in [0.1, 0.15) is 5.78 Å². The van der Waals surface area contributed by atoms with E-state index in [1.807, 2.05) is 6.92 Å². The van der Waals surface area contributed by atoms with Crippen molar-refractivity contribution in [2.45, 2.75) is 77.2 Å². The van der Waals surface area contributed by atoms with Gasteiger partial charge in [-0.3, -0.25) is 4.79 Å². The van der Waals surface area contributed by atoms with Crippen LogP contribution in [0.15, 0.2) is 0 Å². The second-order valence-corrected chi connectivity index (χ2v) is 6.17. The molecule has 0 amide bonds. The van der Waals surface area contributed by atoms with Gasteiger partial charge in [0.15, 0.2) is 0 Å². The van der Waals surface area contributed by atoms with Gasteiger partial charge in [0.2, 0.25) is 0 Å². The standard InChI is InChI=1S/C16H30O3/c1-13-11-15(18)10-8-6-4-2-3-5-7-9-14(12-17)16(13)19/h13-14,16-17,19H,2-12H2,1H3/t13-,14-,16+/m1/s1. The van der Waals surface area contributed by atoms with Crippen LogP contribution in [0.2, 0.25) is 0 Å². The highest BCUT2D eigenvalue weighted by atomic mass is 16.3. The largest absolute Gasteiger partial charge is 0.396 e. The number of hydrogen-bond donors (Lipinski definition) is 2. The minimum atomic E-state index is -0.545. The Morgan fingerprint density at radius 3 is 2.26 bits per heavy atom. The zero-order chi connectivity index (χ0) is 14.1. The molecule has 0 aliphatic heterocycles. The maximum Gasteiger partial charge on any atom is 0.133 e. The van der Waals surface area contributed by atoms with Gasteiger partial charge in [0, 0.05) is 25.4 Å². The van der Waals surface area contributed by atoms with Gasteiger partial charge in [-0.15, -0.1) is 0 Å². The van der Waals surface area contributed by atoms with Gasteiger partial charge < -0.3 is 10.2 Å². The molecule has 0 aromatic heterocycles. The summed E-state index contributed by atoms with van der Waals surface area (Å²) in [6, 6.07) is 0. The predicted molar refractivity (Wildman–Crippen MR) is 76.9 cm³/mol. The van der Waals surface area contributed by atoms with Gasteiger partial charge in [0.25, 0.3) is 0 Å². The highest BCUT2D eigenvalue weighted by Gasteiger charge is 2.25. The fourth-order valence-corrected chi connectivity index (χ4v) is 3.03. The number of ketones is 1. The van der Waals surface area contributed by atoms with E-state index in [9.17, 15) is 15.0 Å². The normalized spacial score (nSPS) is 32.8. The van der Waals surface area contributed by atoms with E-state index in [0.29, 0.717) is 12.8 Å². The first-order valence-corrected chi connectivity index (χ1v) is 7.95. The van der Waals surface area contributed by atoms with E-state index in [2.05, 4.69) is 0 Å². The van der Waals surface area contributed by atoms with Crippen molar-refractivity contribution < 1.29 is 15.0 Å². The minimum Gasteiger partial charge on any atom is -0.396 e. The number of hydrogen-bond acceptors (Lipinski definition) is 3. The monoisotopic (exact) mass is 270 g/mol. The first-order chi connectivity index (χ1) is 9.15. The van der Waals surface area contributed by atoms with Crippen LogP contribution in [0.4, 0.5) is 0 Å². The molecule has 0 aromatic carbocycles. The molecule has 3 heteroatoms. The van der Waals surface area contributed by atoms with Crippen molar-refractivity contribution in [3.05, 3.63) is 0 Å². The van der Waals surface area contributed by atoms with Gasteiger partial charge in [0.05, 0.1) is 6.10 Å². The summed E-state index contributed by atoms with van der Waals surface area (Å²) >= 11 is 0. The van der Waals surface area contributed by atoms with Crippen LogP contribution in [-0.4, -0.2) is 28.7 Å². The summed E-state index contributed by atoms with van der Waals surface area (Å²) in [7, 11) is 0. The number of aliphatic hydroxyl groups is 2. The van der Waals surface area contributed by atoms with Crippen molar-refractivity contribution >= 4 is 5.78 Å². The Morgan fingerprint density at radius 1 is 1.05 bits per heavy atom. The summed E-state index contributed by atoms with van der Waals surface area (Å²) in [5.74, 6) is 0.165. The lowest BCUT2D eigenvalue weighted by Gasteiger charge is -2.26. The lowest BCUT2D eigenvalue weighted by Crippen LogP contribution is -2.31. The van der Waals surface area contributed by atoms with Gasteiger partial charge in [-0.1, -0.05) is 45.4 Å². The van der Waals surface area contributed by atoms with Crippen LogP contribution in [0.3, 0.4) is 0 Å². The maximum absolute atomic E-state index is 11.8. The zero-order valence-corrected chi connectivity index (χ0v) is 12.3. The molecule has 3 nitrogen and oxygen atoms in total. The summed E-state index contributed by atoms with van der Waals surface area (Å²) in [5, 5.41) is 19.7. The van der Waals surface area contributed by atoms with Crippen LogP contribution in [0.25, 0.3) is 0 Å². The first kappa shape index (κ1) is 16.6. The van der Waals surface area contributed by atoms with Crippen molar-refractivity contribution in [1.82, 2.24) is 0 Å². The van der Waals surface area contributed by atoms with Crippen LogP contribution in [-0.2, 0) is 4.79 Å². The number of rotatable bonds is 1. The van der Waals surface area contributed by atoms with E-state index >= 15 is 0 Å². The third-order valence-electron chi connectivity index (χ3n) is 4.38. The Hall–Kier alpha value is -0.410. The lowest BCUT2D eigenvalue weighted by molar-refractivity contribution is -0.121. The molecule has 0 radical (unpaired) electrons. The van der Waals surface area contributed by atoms with Crippen molar-refractivity contribution in [2.75, 3.05) is 6.61 Å². The van der Waals surface area contributed by atoms with E-state index < -0.39 is 6.10 Å². The van der Waals surface area contributed by atoms with E-state index in [0.717, 1.165) is 25.7 Å². The zero-order valence-electron chi connectivity index (χ0n) is 12.3. The SMILES string of the molecule is C[C@@H]1CC(=O)CCCCCCCCC[C@H](CO)[C@H]1O. The molecule has 0 saturated heterocycles. The molecular formula is C16H30O3. The molecule has 1 fully saturated rings. The Bertz CT molecular complexity index is 252. The van der Waals surface area contributed by atoms with Crippen LogP contribution < -0.4 is 0 Å². The van der Waals surface area contributed by atoms with Crippen molar-refractivity contribution in [3.63, 3.8) is 0 Å². The quantitative estimate of drug-likeness (QED) is 0.770. The lowest BCUT2D eigenvalue weighted by atomic mass is 9.85. The van der Waals surface area contributed by atoms with Gasteiger partial charge >= 0.3 is 0 Å². The third-order valence-corrected chi connectivity index (χ3v) is 4.38. The minimum absolute atomic E-state index is 0.0275. The number of aliphatic hydroxyl groups excluding tert-OH is 2. The molecule has 0 spiro atoms. The Balaban J connectivity index is 2.53. The fourth-order valence-electron chi connectivity index (χ4n) is 3.03. The van der Waals surface area contributed by atoms with E-state index in [4.69, 9.17) is 0 Å². The van der Waals surface area contributed by atoms with Crippen LogP contribution in [0, 0.1) is 11.8 Å². The van der Waals surface area contributed by atoms with Gasteiger partial charge in [-0.05, 0) is 18.8 Å². The molecule has 1 aliphatic rings. The maximum atomic E-state index is 11.8. The van der Waals surface area contributed by atoms with Crippen molar-refractivity contribution in [1.29, 1.82) is 0 Å². The number of carbonyl (C=O) groups excluding carboxylic acids is 1. The summed E-state index contributed by atoms with van der Waals surface area (Å²) in [4.78, 5) is 11.8. The molecule has 0 bridgehead atoms. The average Bonchev–Trinajstić information content (AvgIpc) is 2.39. The highest BCUT2D eigenvalue weighted by Crippen LogP contribution is 2.23. The number of Topliss-reactive ketones (excluding diaryl/α,β-unsaturated/α-hetero) is 1.